The predicted molar refractivity (Wildman–Crippen MR) is 70.6 cm³/mol. The van der Waals surface area contributed by atoms with Crippen LogP contribution in [0.1, 0.15) is 6.92 Å². The molecule has 2 heterocycles. The van der Waals surface area contributed by atoms with Crippen molar-refractivity contribution in [2.75, 3.05) is 25.2 Å². The van der Waals surface area contributed by atoms with E-state index in [1.807, 2.05) is 6.92 Å². The van der Waals surface area contributed by atoms with Gasteiger partial charge in [0.05, 0.1) is 38.5 Å². The molecule has 4 N–H and O–H groups in total. The van der Waals surface area contributed by atoms with Crippen LogP contribution >= 0.6 is 0 Å². The maximum atomic E-state index is 5.25. The molecule has 0 spiro atoms. The van der Waals surface area contributed by atoms with Crippen molar-refractivity contribution in [1.29, 1.82) is 0 Å². The molecule has 0 bridgehead atoms. The van der Waals surface area contributed by atoms with Gasteiger partial charge in [0.2, 0.25) is 11.9 Å². The average molecular weight is 264 g/mol. The van der Waals surface area contributed by atoms with Crippen LogP contribution in [0.2, 0.25) is 0 Å². The van der Waals surface area contributed by atoms with Gasteiger partial charge in [-0.1, -0.05) is 0 Å². The van der Waals surface area contributed by atoms with Gasteiger partial charge >= 0.3 is 0 Å². The van der Waals surface area contributed by atoms with Gasteiger partial charge in [-0.2, -0.15) is 0 Å². The zero-order valence-electron chi connectivity index (χ0n) is 10.8. The molecule has 0 fully saturated rings. The van der Waals surface area contributed by atoms with Gasteiger partial charge in [0.15, 0.2) is 11.5 Å². The van der Waals surface area contributed by atoms with Crippen molar-refractivity contribution >= 4 is 11.9 Å². The quantitative estimate of drug-likeness (QED) is 0.822. The molecular formula is C11H16N6O2. The van der Waals surface area contributed by atoms with Crippen molar-refractivity contribution in [3.05, 3.63) is 24.8 Å². The summed E-state index contributed by atoms with van der Waals surface area (Å²) in [5.74, 6) is 1.79. The van der Waals surface area contributed by atoms with Crippen LogP contribution in [-0.4, -0.2) is 33.7 Å². The largest absolute Gasteiger partial charge is 0.494 e. The lowest BCUT2D eigenvalue weighted by Crippen LogP contribution is -1.96. The van der Waals surface area contributed by atoms with Gasteiger partial charge in [0, 0.05) is 0 Å². The highest BCUT2D eigenvalue weighted by Crippen LogP contribution is 2.05. The van der Waals surface area contributed by atoms with E-state index in [2.05, 4.69) is 19.9 Å². The first kappa shape index (κ1) is 14.4. The zero-order chi connectivity index (χ0) is 14.1. The fourth-order valence-electron chi connectivity index (χ4n) is 0.999. The molecule has 0 aliphatic rings. The number of nitrogens with two attached hydrogens (primary N) is 2. The van der Waals surface area contributed by atoms with Gasteiger partial charge in [0.1, 0.15) is 0 Å². The molecule has 0 saturated carbocycles. The monoisotopic (exact) mass is 264 g/mol. The number of anilines is 2. The Labute approximate surface area is 110 Å². The van der Waals surface area contributed by atoms with E-state index >= 15 is 0 Å². The van der Waals surface area contributed by atoms with E-state index in [9.17, 15) is 0 Å². The smallest absolute Gasteiger partial charge is 0.220 e. The van der Waals surface area contributed by atoms with E-state index in [0.29, 0.717) is 18.1 Å². The number of methoxy groups -OCH3 is 1. The third-order valence-corrected chi connectivity index (χ3v) is 1.84. The molecule has 0 amide bonds. The van der Waals surface area contributed by atoms with Crippen LogP contribution in [-0.2, 0) is 0 Å². The number of ether oxygens (including phenoxy) is 2. The summed E-state index contributed by atoms with van der Waals surface area (Å²) in [5, 5.41) is 0. The second kappa shape index (κ2) is 7.64. The second-order valence-electron chi connectivity index (χ2n) is 3.19. The van der Waals surface area contributed by atoms with Gasteiger partial charge in [-0.05, 0) is 6.92 Å². The molecule has 2 aromatic rings. The molecule has 0 aliphatic heterocycles. The SMILES string of the molecule is CCOc1cnc(N)nc1.COc1cnc(N)nc1. The zero-order valence-corrected chi connectivity index (χ0v) is 10.8. The number of aromatic nitrogens is 4. The van der Waals surface area contributed by atoms with Crippen LogP contribution in [0, 0.1) is 0 Å². The first-order valence-corrected chi connectivity index (χ1v) is 5.47. The summed E-state index contributed by atoms with van der Waals surface area (Å²) in [6.45, 7) is 2.52. The van der Waals surface area contributed by atoms with E-state index in [1.165, 1.54) is 12.4 Å². The summed E-state index contributed by atoms with van der Waals surface area (Å²) in [7, 11) is 1.55. The fraction of sp³-hybridized carbons (Fsp3) is 0.273. The first-order valence-electron chi connectivity index (χ1n) is 5.47. The lowest BCUT2D eigenvalue weighted by molar-refractivity contribution is 0.337. The number of nitrogens with zero attached hydrogens (tertiary/aromatic N) is 4. The molecular weight excluding hydrogens is 248 g/mol. The van der Waals surface area contributed by atoms with E-state index < -0.39 is 0 Å². The highest BCUT2D eigenvalue weighted by Gasteiger charge is 1.91. The molecule has 0 aromatic carbocycles. The van der Waals surface area contributed by atoms with Gasteiger partial charge < -0.3 is 20.9 Å². The summed E-state index contributed by atoms with van der Waals surface area (Å²) in [4.78, 5) is 14.9. The molecule has 0 atom stereocenters. The Balaban J connectivity index is 0.000000191. The van der Waals surface area contributed by atoms with Crippen molar-refractivity contribution in [1.82, 2.24) is 19.9 Å². The molecule has 19 heavy (non-hydrogen) atoms. The van der Waals surface area contributed by atoms with Gasteiger partial charge in [-0.3, -0.25) is 0 Å². The number of hydrogen-bond acceptors (Lipinski definition) is 8. The van der Waals surface area contributed by atoms with Gasteiger partial charge in [-0.15, -0.1) is 0 Å². The van der Waals surface area contributed by atoms with Crippen molar-refractivity contribution < 1.29 is 9.47 Å². The standard InChI is InChI=1S/C6H9N3O.C5H7N3O/c1-2-10-5-3-8-6(7)9-4-5;1-9-4-2-7-5(6)8-3-4/h3-4H,2H2,1H3,(H2,7,8,9);2-3H,1H3,(H2,6,7,8). The Kier molecular flexibility index (Phi) is 5.80. The summed E-state index contributed by atoms with van der Waals surface area (Å²) >= 11 is 0. The average Bonchev–Trinajstić information content (AvgIpc) is 2.43. The Bertz CT molecular complexity index is 474. The molecule has 0 aliphatic carbocycles. The third-order valence-electron chi connectivity index (χ3n) is 1.84. The van der Waals surface area contributed by atoms with E-state index in [-0.39, 0.29) is 11.9 Å². The topological polar surface area (TPSA) is 122 Å². The van der Waals surface area contributed by atoms with Crippen LogP contribution in [0.3, 0.4) is 0 Å². The van der Waals surface area contributed by atoms with Crippen molar-refractivity contribution in [3.8, 4) is 11.5 Å². The highest BCUT2D eigenvalue weighted by molar-refractivity contribution is 5.21. The first-order chi connectivity index (χ1) is 9.15. The number of rotatable bonds is 3. The normalized spacial score (nSPS) is 9.16. The van der Waals surface area contributed by atoms with Crippen molar-refractivity contribution in [2.45, 2.75) is 6.92 Å². The van der Waals surface area contributed by atoms with Gasteiger partial charge in [0.25, 0.3) is 0 Å². The summed E-state index contributed by atoms with van der Waals surface area (Å²) in [5.41, 5.74) is 10.4. The molecule has 0 unspecified atom stereocenters. The van der Waals surface area contributed by atoms with Crippen molar-refractivity contribution in [2.24, 2.45) is 0 Å². The number of hydrogen-bond donors (Lipinski definition) is 2. The minimum absolute atomic E-state index is 0.260. The highest BCUT2D eigenvalue weighted by atomic mass is 16.5. The summed E-state index contributed by atoms with van der Waals surface area (Å²) in [6, 6.07) is 0. The Morgan fingerprint density at radius 2 is 1.32 bits per heavy atom. The van der Waals surface area contributed by atoms with Crippen LogP contribution in [0.4, 0.5) is 11.9 Å². The molecule has 2 rings (SSSR count). The second-order valence-corrected chi connectivity index (χ2v) is 3.19. The van der Waals surface area contributed by atoms with Crippen LogP contribution in [0.25, 0.3) is 0 Å². The molecule has 102 valence electrons. The Hall–Kier alpha value is -2.64. The van der Waals surface area contributed by atoms with Gasteiger partial charge in [-0.25, -0.2) is 19.9 Å². The fourth-order valence-corrected chi connectivity index (χ4v) is 0.999. The maximum absolute atomic E-state index is 5.25. The molecule has 2 aromatic heterocycles. The maximum Gasteiger partial charge on any atom is 0.220 e. The minimum Gasteiger partial charge on any atom is -0.494 e. The van der Waals surface area contributed by atoms with Crippen molar-refractivity contribution in [3.63, 3.8) is 0 Å². The van der Waals surface area contributed by atoms with Crippen LogP contribution in [0.5, 0.6) is 11.5 Å². The lowest BCUT2D eigenvalue weighted by Gasteiger charge is -1.99. The van der Waals surface area contributed by atoms with E-state index in [4.69, 9.17) is 20.9 Å². The lowest BCUT2D eigenvalue weighted by atomic mass is 10.6. The van der Waals surface area contributed by atoms with Crippen LogP contribution in [0.15, 0.2) is 24.8 Å². The van der Waals surface area contributed by atoms with E-state index in [0.717, 1.165) is 0 Å². The minimum atomic E-state index is 0.260. The Morgan fingerprint density at radius 3 is 1.68 bits per heavy atom. The van der Waals surface area contributed by atoms with E-state index in [1.54, 1.807) is 19.5 Å². The van der Waals surface area contributed by atoms with Crippen LogP contribution < -0.4 is 20.9 Å². The molecule has 8 heteroatoms. The third kappa shape index (κ3) is 5.48. The molecule has 0 radical (unpaired) electrons. The summed E-state index contributed by atoms with van der Waals surface area (Å²) in [6.07, 6.45) is 6.13. The molecule has 8 nitrogen and oxygen atoms in total. The summed E-state index contributed by atoms with van der Waals surface area (Å²) < 4.78 is 9.87. The Morgan fingerprint density at radius 1 is 0.895 bits per heavy atom. The number of nitrogen functional groups attached to an aromatic ring is 2. The predicted octanol–water partition coefficient (Wildman–Crippen LogP) is 0.525. The molecule has 0 saturated heterocycles.